The van der Waals surface area contributed by atoms with E-state index in [1.54, 1.807) is 6.33 Å². The van der Waals surface area contributed by atoms with Gasteiger partial charge in [-0.25, -0.2) is 4.98 Å². The first-order valence-corrected chi connectivity index (χ1v) is 13.2. The molecule has 5 heteroatoms. The third kappa shape index (κ3) is 4.80. The highest BCUT2D eigenvalue weighted by molar-refractivity contribution is 6.02. The molecule has 0 aliphatic carbocycles. The van der Waals surface area contributed by atoms with Crippen molar-refractivity contribution in [1.82, 2.24) is 14.1 Å². The van der Waals surface area contributed by atoms with E-state index < -0.39 is 0 Å². The molecule has 6 rings (SSSR count). The minimum absolute atomic E-state index is 0.0877. The Morgan fingerprint density at radius 1 is 0.692 bits per heavy atom. The molecule has 0 bridgehead atoms. The van der Waals surface area contributed by atoms with Crippen LogP contribution in [0, 0.1) is 5.41 Å². The molecule has 6 aromatic rings. The summed E-state index contributed by atoms with van der Waals surface area (Å²) in [5, 5.41) is 20.7. The Kier molecular flexibility index (Phi) is 6.89. The molecular weight excluding hydrogens is 480 g/mol. The van der Waals surface area contributed by atoms with Crippen LogP contribution < -0.4 is 5.49 Å². The number of nitrogens with one attached hydrogen (secondary N) is 1. The smallest absolute Gasteiger partial charge is 0.146 e. The number of hydrogen-bond acceptors (Lipinski definition) is 3. The molecule has 4 aromatic carbocycles. The maximum absolute atomic E-state index is 10.4. The summed E-state index contributed by atoms with van der Waals surface area (Å²) < 4.78 is 4.05. The number of aromatic nitrogens is 3. The van der Waals surface area contributed by atoms with Crippen molar-refractivity contribution in [3.05, 3.63) is 144 Å². The van der Waals surface area contributed by atoms with Gasteiger partial charge < -0.3 is 14.2 Å². The van der Waals surface area contributed by atoms with Gasteiger partial charge in [-0.2, -0.15) is 0 Å². The molecule has 0 saturated heterocycles. The molecule has 0 fully saturated rings. The molecule has 1 unspecified atom stereocenters. The Bertz CT molecular complexity index is 1740. The Labute approximate surface area is 227 Å². The summed E-state index contributed by atoms with van der Waals surface area (Å²) in [5.41, 5.74) is 7.49. The number of benzene rings is 4. The van der Waals surface area contributed by atoms with Gasteiger partial charge in [0.15, 0.2) is 0 Å². The summed E-state index contributed by atoms with van der Waals surface area (Å²) in [6, 6.07) is 40.8. The number of hydrogen-bond donors (Lipinski definition) is 2. The van der Waals surface area contributed by atoms with Crippen molar-refractivity contribution < 1.29 is 5.11 Å². The second-order valence-electron chi connectivity index (χ2n) is 9.75. The molecule has 0 radical (unpaired) electrons. The number of nitrogens with zero attached hydrogens (tertiary/aromatic N) is 3. The van der Waals surface area contributed by atoms with Gasteiger partial charge in [0.25, 0.3) is 0 Å². The predicted molar refractivity (Wildman–Crippen MR) is 156 cm³/mol. The first kappa shape index (κ1) is 24.6. The topological polar surface area (TPSA) is 66.8 Å². The van der Waals surface area contributed by atoms with Crippen LogP contribution in [-0.4, -0.2) is 25.8 Å². The molecule has 5 nitrogen and oxygen atoms in total. The van der Waals surface area contributed by atoms with Crippen LogP contribution in [0.3, 0.4) is 0 Å². The van der Waals surface area contributed by atoms with Gasteiger partial charge in [0.1, 0.15) is 11.1 Å². The van der Waals surface area contributed by atoms with E-state index in [0.717, 1.165) is 44.5 Å². The monoisotopic (exact) mass is 510 g/mol. The Hall–Kier alpha value is -4.74. The number of rotatable bonds is 8. The third-order valence-corrected chi connectivity index (χ3v) is 7.25. The van der Waals surface area contributed by atoms with Crippen LogP contribution in [0.5, 0.6) is 0 Å². The average Bonchev–Trinajstić information content (AvgIpc) is 3.33. The minimum atomic E-state index is -0.307. The molecule has 0 aliphatic heterocycles. The summed E-state index contributed by atoms with van der Waals surface area (Å²) in [6.07, 6.45) is 2.33. The van der Waals surface area contributed by atoms with E-state index in [1.807, 2.05) is 77.4 Å². The molecule has 1 atom stereocenters. The lowest BCUT2D eigenvalue weighted by molar-refractivity contribution is 0.223. The highest BCUT2D eigenvalue weighted by Gasteiger charge is 2.24. The van der Waals surface area contributed by atoms with Crippen LogP contribution in [0.25, 0.3) is 33.4 Å². The van der Waals surface area contributed by atoms with Gasteiger partial charge in [0.05, 0.1) is 30.1 Å². The van der Waals surface area contributed by atoms with Crippen molar-refractivity contribution in [2.75, 3.05) is 6.61 Å². The van der Waals surface area contributed by atoms with Crippen molar-refractivity contribution in [3.8, 4) is 22.4 Å². The summed E-state index contributed by atoms with van der Waals surface area (Å²) in [4.78, 5) is 4.98. The number of aliphatic hydroxyl groups is 1. The van der Waals surface area contributed by atoms with Crippen LogP contribution in [0.1, 0.15) is 17.2 Å². The van der Waals surface area contributed by atoms with Crippen molar-refractivity contribution in [2.45, 2.75) is 19.0 Å². The fourth-order valence-electron chi connectivity index (χ4n) is 5.38. The molecule has 0 aliphatic rings. The summed E-state index contributed by atoms with van der Waals surface area (Å²) in [5.74, 6) is 0. The minimum Gasteiger partial charge on any atom is -0.394 e. The summed E-state index contributed by atoms with van der Waals surface area (Å²) in [6.45, 7) is 0.536. The maximum atomic E-state index is 10.4. The highest BCUT2D eigenvalue weighted by atomic mass is 16.3. The second kappa shape index (κ2) is 10.9. The quantitative estimate of drug-likeness (QED) is 0.246. The van der Waals surface area contributed by atoms with Crippen LogP contribution in [0.2, 0.25) is 0 Å². The van der Waals surface area contributed by atoms with E-state index in [2.05, 4.69) is 53.1 Å². The van der Waals surface area contributed by atoms with E-state index in [1.165, 1.54) is 0 Å². The molecule has 0 saturated carbocycles. The van der Waals surface area contributed by atoms with Gasteiger partial charge in [-0.3, -0.25) is 5.41 Å². The van der Waals surface area contributed by atoms with Gasteiger partial charge in [-0.1, -0.05) is 121 Å². The van der Waals surface area contributed by atoms with E-state index in [9.17, 15) is 10.5 Å². The lowest BCUT2D eigenvalue weighted by Crippen LogP contribution is -2.29. The lowest BCUT2D eigenvalue weighted by atomic mass is 9.99. The van der Waals surface area contributed by atoms with Gasteiger partial charge in [0, 0.05) is 12.1 Å². The zero-order valence-electron chi connectivity index (χ0n) is 21.6. The predicted octanol–water partition coefficient (Wildman–Crippen LogP) is 6.48. The van der Waals surface area contributed by atoms with Crippen LogP contribution in [0.4, 0.5) is 0 Å². The standard InChI is InChI=1S/C34H30N4O/c35-33-31-30(27-17-9-3-10-18-27)32(28-19-11-4-12-20-28)37(22-26-15-7-2-8-16-26)34(31)36-24-38(33)29(23-39)21-25-13-5-1-6-14-25/h1-20,24,29,35,39H,21-23H2. The molecule has 0 spiro atoms. The van der Waals surface area contributed by atoms with Gasteiger partial charge >= 0.3 is 0 Å². The molecule has 2 heterocycles. The zero-order chi connectivity index (χ0) is 26.6. The van der Waals surface area contributed by atoms with Crippen LogP contribution in [0.15, 0.2) is 128 Å². The van der Waals surface area contributed by atoms with Gasteiger partial charge in [-0.15, -0.1) is 0 Å². The van der Waals surface area contributed by atoms with Crippen molar-refractivity contribution in [2.24, 2.45) is 0 Å². The van der Waals surface area contributed by atoms with E-state index in [4.69, 9.17) is 4.98 Å². The largest absolute Gasteiger partial charge is 0.394 e. The van der Waals surface area contributed by atoms with Crippen LogP contribution in [-0.2, 0) is 13.0 Å². The fourth-order valence-corrected chi connectivity index (χ4v) is 5.38. The molecule has 2 aromatic heterocycles. The SMILES string of the molecule is N=c1c2c(-c3ccccc3)c(-c3ccccc3)n(Cc3ccccc3)c2ncn1C(CO)Cc1ccccc1. The number of aliphatic hydroxyl groups excluding tert-OH is 1. The highest BCUT2D eigenvalue weighted by Crippen LogP contribution is 2.39. The second-order valence-corrected chi connectivity index (χ2v) is 9.75. The fraction of sp³-hybridized carbons (Fsp3) is 0.118. The zero-order valence-corrected chi connectivity index (χ0v) is 21.6. The van der Waals surface area contributed by atoms with Crippen molar-refractivity contribution >= 4 is 11.0 Å². The molecule has 192 valence electrons. The summed E-state index contributed by atoms with van der Waals surface area (Å²) >= 11 is 0. The first-order chi connectivity index (χ1) is 19.2. The molecule has 2 N–H and O–H groups in total. The molecular formula is C34H30N4O. The van der Waals surface area contributed by atoms with E-state index in [-0.39, 0.29) is 12.6 Å². The lowest BCUT2D eigenvalue weighted by Gasteiger charge is -2.19. The van der Waals surface area contributed by atoms with E-state index in [0.29, 0.717) is 18.5 Å². The van der Waals surface area contributed by atoms with Crippen molar-refractivity contribution in [1.29, 1.82) is 5.41 Å². The number of fused-ring (bicyclic) bond motifs is 1. The first-order valence-electron chi connectivity index (χ1n) is 13.2. The molecule has 39 heavy (non-hydrogen) atoms. The maximum Gasteiger partial charge on any atom is 0.146 e. The third-order valence-electron chi connectivity index (χ3n) is 7.25. The Morgan fingerprint density at radius 3 is 1.82 bits per heavy atom. The van der Waals surface area contributed by atoms with Gasteiger partial charge in [-0.05, 0) is 28.7 Å². The van der Waals surface area contributed by atoms with Gasteiger partial charge in [0.2, 0.25) is 0 Å². The summed E-state index contributed by atoms with van der Waals surface area (Å²) in [7, 11) is 0. The Morgan fingerprint density at radius 2 is 1.23 bits per heavy atom. The van der Waals surface area contributed by atoms with E-state index >= 15 is 0 Å². The van der Waals surface area contributed by atoms with Crippen molar-refractivity contribution in [3.63, 3.8) is 0 Å². The van der Waals surface area contributed by atoms with Crippen LogP contribution >= 0.6 is 0 Å². The normalized spacial score (nSPS) is 12.0. The Balaban J connectivity index is 1.64. The molecule has 0 amide bonds. The average molecular weight is 511 g/mol.